The molecule has 1 aliphatic carbocycles. The molecule has 0 unspecified atom stereocenters. The number of rotatable bonds is 1. The second-order valence-electron chi connectivity index (χ2n) is 4.28. The van der Waals surface area contributed by atoms with E-state index in [4.69, 9.17) is 4.74 Å². The Morgan fingerprint density at radius 3 is 2.35 bits per heavy atom. The van der Waals surface area contributed by atoms with E-state index in [0.29, 0.717) is 0 Å². The van der Waals surface area contributed by atoms with E-state index >= 15 is 0 Å². The van der Waals surface area contributed by atoms with Crippen LogP contribution in [-0.4, -0.2) is 21.7 Å². The summed E-state index contributed by atoms with van der Waals surface area (Å²) < 4.78 is 6.83. The number of nitrogens with zero attached hydrogens (tertiary/aromatic N) is 3. The Labute approximate surface area is 102 Å². The van der Waals surface area contributed by atoms with Crippen molar-refractivity contribution in [2.45, 2.75) is 38.5 Å². The molecule has 0 aliphatic heterocycles. The van der Waals surface area contributed by atoms with Gasteiger partial charge in [-0.15, -0.1) is 10.2 Å². The normalized spacial score (nSPS) is 15.1. The van der Waals surface area contributed by atoms with Crippen LogP contribution in [0, 0.1) is 0 Å². The summed E-state index contributed by atoms with van der Waals surface area (Å²) in [6, 6.07) is 3.68. The molecule has 0 atom stereocenters. The van der Waals surface area contributed by atoms with E-state index in [-0.39, 0.29) is 0 Å². The molecule has 1 fully saturated rings. The van der Waals surface area contributed by atoms with Crippen molar-refractivity contribution in [3.63, 3.8) is 0 Å². The molecule has 0 amide bonds. The lowest BCUT2D eigenvalue weighted by Gasteiger charge is -2.05. The average Bonchev–Trinajstić information content (AvgIpc) is 2.88. The predicted octanol–water partition coefficient (Wildman–Crippen LogP) is 3.08. The second-order valence-corrected chi connectivity index (χ2v) is 4.28. The quantitative estimate of drug-likeness (QED) is 0.760. The highest BCUT2D eigenvalue weighted by molar-refractivity contribution is 5.42. The van der Waals surface area contributed by atoms with E-state index in [1.54, 1.807) is 13.4 Å². The monoisotopic (exact) mass is 233 g/mol. The maximum atomic E-state index is 5.01. The molecule has 2 aromatic rings. The summed E-state index contributed by atoms with van der Waals surface area (Å²) in [7, 11) is 1.63. The average molecular weight is 233 g/mol. The fourth-order valence-electron chi connectivity index (χ4n) is 1.99. The van der Waals surface area contributed by atoms with Crippen molar-refractivity contribution < 1.29 is 4.74 Å². The number of ether oxygens (including phenoxy) is 1. The van der Waals surface area contributed by atoms with Crippen LogP contribution in [0.2, 0.25) is 0 Å². The highest BCUT2D eigenvalue weighted by Crippen LogP contribution is 2.15. The highest BCUT2D eigenvalue weighted by atomic mass is 16.5. The van der Waals surface area contributed by atoms with Gasteiger partial charge in [-0.3, -0.25) is 4.40 Å². The zero-order valence-corrected chi connectivity index (χ0v) is 10.3. The summed E-state index contributed by atoms with van der Waals surface area (Å²) in [6.07, 6.45) is 12.5. The maximum Gasteiger partial charge on any atom is 0.164 e. The molecule has 17 heavy (non-hydrogen) atoms. The van der Waals surface area contributed by atoms with E-state index in [2.05, 4.69) is 10.2 Å². The largest absolute Gasteiger partial charge is 0.497 e. The molecule has 2 heterocycles. The van der Waals surface area contributed by atoms with E-state index in [9.17, 15) is 0 Å². The third kappa shape index (κ3) is 3.44. The first-order valence-electron chi connectivity index (χ1n) is 6.23. The molecule has 4 heteroatoms. The molecule has 0 saturated heterocycles. The number of hydrogen-bond donors (Lipinski definition) is 0. The fourth-order valence-corrected chi connectivity index (χ4v) is 1.99. The topological polar surface area (TPSA) is 39.4 Å². The van der Waals surface area contributed by atoms with Crippen LogP contribution in [0.15, 0.2) is 24.7 Å². The van der Waals surface area contributed by atoms with Gasteiger partial charge in [-0.05, 0) is 6.07 Å². The van der Waals surface area contributed by atoms with Crippen molar-refractivity contribution in [3.05, 3.63) is 24.7 Å². The Morgan fingerprint density at radius 1 is 1.12 bits per heavy atom. The van der Waals surface area contributed by atoms with Crippen LogP contribution in [0.1, 0.15) is 38.5 Å². The second kappa shape index (κ2) is 6.23. The van der Waals surface area contributed by atoms with Crippen molar-refractivity contribution in [1.82, 2.24) is 14.6 Å². The zero-order chi connectivity index (χ0) is 11.9. The molecule has 0 bridgehead atoms. The minimum atomic E-state index is 0.796. The summed E-state index contributed by atoms with van der Waals surface area (Å²) in [5.41, 5.74) is 0.796. The van der Waals surface area contributed by atoms with Gasteiger partial charge in [0.2, 0.25) is 0 Å². The minimum Gasteiger partial charge on any atom is -0.497 e. The summed E-state index contributed by atoms with van der Waals surface area (Å²) >= 11 is 0. The summed E-state index contributed by atoms with van der Waals surface area (Å²) in [5.74, 6) is 0.797. The molecule has 2 aromatic heterocycles. The van der Waals surface area contributed by atoms with E-state index < -0.39 is 0 Å². The van der Waals surface area contributed by atoms with Crippen LogP contribution >= 0.6 is 0 Å². The molecule has 3 rings (SSSR count). The van der Waals surface area contributed by atoms with Gasteiger partial charge in [0.1, 0.15) is 12.1 Å². The van der Waals surface area contributed by atoms with E-state index in [0.717, 1.165) is 11.4 Å². The summed E-state index contributed by atoms with van der Waals surface area (Å²) in [5, 5.41) is 7.59. The van der Waals surface area contributed by atoms with Crippen LogP contribution in [0.25, 0.3) is 5.65 Å². The lowest BCUT2D eigenvalue weighted by molar-refractivity contribution is 0.414. The summed E-state index contributed by atoms with van der Waals surface area (Å²) in [4.78, 5) is 0. The van der Waals surface area contributed by atoms with Crippen LogP contribution in [-0.2, 0) is 0 Å². The number of pyridine rings is 1. The Morgan fingerprint density at radius 2 is 1.76 bits per heavy atom. The first-order valence-corrected chi connectivity index (χ1v) is 6.23. The standard InChI is InChI=1S/C7H7N3O.C6H12/c1-11-6-2-3-10-5-8-9-7(10)4-6;1-2-4-6-5-3-1/h2-5H,1H3;1-6H2. The first kappa shape index (κ1) is 11.9. The van der Waals surface area contributed by atoms with Crippen LogP contribution in [0.5, 0.6) is 5.75 Å². The third-order valence-electron chi connectivity index (χ3n) is 3.01. The van der Waals surface area contributed by atoms with Crippen molar-refractivity contribution in [2.24, 2.45) is 0 Å². The van der Waals surface area contributed by atoms with Crippen molar-refractivity contribution in [1.29, 1.82) is 0 Å². The van der Waals surface area contributed by atoms with Gasteiger partial charge in [0.25, 0.3) is 0 Å². The first-order chi connectivity index (χ1) is 8.40. The Kier molecular flexibility index (Phi) is 4.36. The van der Waals surface area contributed by atoms with Gasteiger partial charge >= 0.3 is 0 Å². The molecule has 0 radical (unpaired) electrons. The predicted molar refractivity (Wildman–Crippen MR) is 67.2 cm³/mol. The van der Waals surface area contributed by atoms with Gasteiger partial charge < -0.3 is 4.74 Å². The maximum absolute atomic E-state index is 5.01. The van der Waals surface area contributed by atoms with Crippen molar-refractivity contribution in [3.8, 4) is 5.75 Å². The van der Waals surface area contributed by atoms with Crippen LogP contribution in [0.3, 0.4) is 0 Å². The molecular weight excluding hydrogens is 214 g/mol. The Hall–Kier alpha value is -1.58. The molecule has 0 aromatic carbocycles. The van der Waals surface area contributed by atoms with Crippen LogP contribution < -0.4 is 4.74 Å². The third-order valence-corrected chi connectivity index (χ3v) is 3.01. The molecular formula is C13H19N3O. The number of fused-ring (bicyclic) bond motifs is 1. The summed E-state index contributed by atoms with van der Waals surface area (Å²) in [6.45, 7) is 0. The fraction of sp³-hybridized carbons (Fsp3) is 0.538. The van der Waals surface area contributed by atoms with Gasteiger partial charge in [-0.2, -0.15) is 0 Å². The molecule has 1 saturated carbocycles. The van der Waals surface area contributed by atoms with Crippen molar-refractivity contribution >= 4 is 5.65 Å². The van der Waals surface area contributed by atoms with Crippen molar-refractivity contribution in [2.75, 3.05) is 7.11 Å². The number of aromatic nitrogens is 3. The van der Waals surface area contributed by atoms with Gasteiger partial charge in [0.05, 0.1) is 7.11 Å². The van der Waals surface area contributed by atoms with Gasteiger partial charge in [-0.1, -0.05) is 38.5 Å². The highest BCUT2D eigenvalue weighted by Gasteiger charge is 1.96. The van der Waals surface area contributed by atoms with Gasteiger partial charge in [0, 0.05) is 12.3 Å². The van der Waals surface area contributed by atoms with E-state index in [1.807, 2.05) is 22.7 Å². The lowest BCUT2D eigenvalue weighted by Crippen LogP contribution is -1.85. The SMILES string of the molecule is C1CCCCC1.COc1ccn2cnnc2c1. The van der Waals surface area contributed by atoms with Crippen LogP contribution in [0.4, 0.5) is 0 Å². The molecule has 92 valence electrons. The molecule has 1 aliphatic rings. The van der Waals surface area contributed by atoms with Gasteiger partial charge in [0.15, 0.2) is 5.65 Å². The zero-order valence-electron chi connectivity index (χ0n) is 10.3. The Bertz CT molecular complexity index is 437. The number of methoxy groups -OCH3 is 1. The lowest BCUT2D eigenvalue weighted by atomic mass is 10.0. The molecule has 4 nitrogen and oxygen atoms in total. The molecule has 0 spiro atoms. The van der Waals surface area contributed by atoms with Gasteiger partial charge in [-0.25, -0.2) is 0 Å². The number of hydrogen-bond acceptors (Lipinski definition) is 3. The minimum absolute atomic E-state index is 0.796. The van der Waals surface area contributed by atoms with E-state index in [1.165, 1.54) is 38.5 Å². The molecule has 0 N–H and O–H groups in total. The smallest absolute Gasteiger partial charge is 0.164 e. The Balaban J connectivity index is 0.000000153.